The summed E-state index contributed by atoms with van der Waals surface area (Å²) in [6.45, 7) is 0. The molecule has 0 aromatic heterocycles. The van der Waals surface area contributed by atoms with Crippen LogP contribution in [0.5, 0.6) is 0 Å². The quantitative estimate of drug-likeness (QED) is 0.311. The predicted molar refractivity (Wildman–Crippen MR) is 21.4 cm³/mol. The number of phosphoric acid groups is 1. The third-order valence-corrected chi connectivity index (χ3v) is 0. The van der Waals surface area contributed by atoms with Crippen molar-refractivity contribution < 1.29 is 35.7 Å². The van der Waals surface area contributed by atoms with E-state index in [9.17, 15) is 0 Å². The fourth-order valence-electron chi connectivity index (χ4n) is 0. The normalized spacial score (nSPS) is 8.43. The van der Waals surface area contributed by atoms with Crippen LogP contribution in [0.3, 0.4) is 0 Å². The minimum Gasteiger partial charge on any atom is 0 e. The molecule has 0 heterocycles. The van der Waals surface area contributed by atoms with Gasteiger partial charge in [-0.05, 0) is 0 Å². The monoisotopic (exact) mass is 180 g/mol. The molecule has 0 saturated carbocycles. The molecule has 0 aliphatic heterocycles. The third kappa shape index (κ3) is 92.9. The second kappa shape index (κ2) is 5.74. The second-order valence-electron chi connectivity index (χ2n) is 0.513. The molecule has 0 fully saturated rings. The van der Waals surface area contributed by atoms with Crippen LogP contribution >= 0.6 is 7.82 Å². The van der Waals surface area contributed by atoms with E-state index in [2.05, 4.69) is 0 Å². The first-order valence-electron chi connectivity index (χ1n) is 0.783. The van der Waals surface area contributed by atoms with E-state index in [4.69, 9.17) is 19.2 Å². The van der Waals surface area contributed by atoms with Crippen LogP contribution in [-0.4, -0.2) is 44.2 Å². The Bertz CT molecular complexity index is 57.8. The summed E-state index contributed by atoms with van der Waals surface area (Å²) in [5.41, 5.74) is 0. The maximum Gasteiger partial charge on any atom is 0 e. The summed E-state index contributed by atoms with van der Waals surface area (Å²) in [5.74, 6) is 0. The smallest absolute Gasteiger partial charge is 0 e. The van der Waals surface area contributed by atoms with Gasteiger partial charge in [-0.15, -0.1) is 0 Å². The zero-order valence-corrected chi connectivity index (χ0v) is 4.40. The molecule has 7 heavy (non-hydrogen) atoms. The average molecular weight is 181 g/mol. The van der Waals surface area contributed by atoms with Crippen molar-refractivity contribution in [1.29, 1.82) is 0 Å². The van der Waals surface area contributed by atoms with Crippen molar-refractivity contribution in [2.45, 2.75) is 0 Å². The molecule has 0 aliphatic carbocycles. The largest absolute Gasteiger partial charge is 0 e. The molecule has 7 heteroatoms. The summed E-state index contributed by atoms with van der Waals surface area (Å²) >= 11 is 0. The molecule has 0 rings (SSSR count). The zero-order chi connectivity index (χ0) is 4.50. The van der Waals surface area contributed by atoms with Crippen LogP contribution in [0.15, 0.2) is 0 Å². The van der Waals surface area contributed by atoms with Gasteiger partial charge in [0.2, 0.25) is 0 Å². The molecule has 0 amide bonds. The first-order valence-corrected chi connectivity index (χ1v) is 2.35. The van der Waals surface area contributed by atoms with Crippen molar-refractivity contribution in [1.82, 2.24) is 0 Å². The van der Waals surface area contributed by atoms with Gasteiger partial charge in [0.15, 0.2) is 0 Å². The first kappa shape index (κ1) is 15.8. The Morgan fingerprint density at radius 3 is 1.14 bits per heavy atom. The van der Waals surface area contributed by atoms with E-state index in [0.717, 1.165) is 0 Å². The van der Waals surface area contributed by atoms with E-state index >= 15 is 0 Å². The molecule has 4 nitrogen and oxygen atoms in total. The van der Waals surface area contributed by atoms with Gasteiger partial charge in [-0.2, -0.15) is 0 Å². The predicted octanol–water partition coefficient (Wildman–Crippen LogP) is -1.58. The molecule has 0 spiro atoms. The van der Waals surface area contributed by atoms with Gasteiger partial charge in [0.1, 0.15) is 0 Å². The van der Waals surface area contributed by atoms with Crippen LogP contribution in [0.4, 0.5) is 0 Å². The van der Waals surface area contributed by atoms with Crippen molar-refractivity contribution in [2.75, 3.05) is 0 Å². The van der Waals surface area contributed by atoms with Gasteiger partial charge >= 0.3 is 37.4 Å². The minimum atomic E-state index is -4.64. The van der Waals surface area contributed by atoms with Gasteiger partial charge < -0.3 is 14.7 Å². The SMILES string of the molecule is O=P(O)(O)O.[NaH].[Ni]. The summed E-state index contributed by atoms with van der Waals surface area (Å²) in [6.07, 6.45) is 0. The Balaban J connectivity index is -0.0000000800. The van der Waals surface area contributed by atoms with Crippen molar-refractivity contribution in [3.8, 4) is 0 Å². The van der Waals surface area contributed by atoms with E-state index in [1.807, 2.05) is 0 Å². The van der Waals surface area contributed by atoms with Gasteiger partial charge in [0.05, 0.1) is 0 Å². The van der Waals surface area contributed by atoms with Crippen molar-refractivity contribution in [3.05, 3.63) is 0 Å². The maximum atomic E-state index is 8.88. The van der Waals surface area contributed by atoms with Crippen LogP contribution in [0.2, 0.25) is 0 Å². The van der Waals surface area contributed by atoms with Crippen molar-refractivity contribution in [2.24, 2.45) is 0 Å². The van der Waals surface area contributed by atoms with Gasteiger partial charge in [0, 0.05) is 16.5 Å². The van der Waals surface area contributed by atoms with Crippen LogP contribution < -0.4 is 0 Å². The molecule has 0 bridgehead atoms. The molecule has 44 valence electrons. The number of hydrogen-bond donors (Lipinski definition) is 3. The summed E-state index contributed by atoms with van der Waals surface area (Å²) in [6, 6.07) is 0. The molecule has 0 radical (unpaired) electrons. The number of hydrogen-bond acceptors (Lipinski definition) is 1. The Kier molecular flexibility index (Phi) is 13.0. The molecule has 0 aromatic carbocycles. The topological polar surface area (TPSA) is 77.8 Å². The van der Waals surface area contributed by atoms with Crippen LogP contribution in [-0.2, 0) is 21.1 Å². The Labute approximate surface area is 72.8 Å². The third-order valence-electron chi connectivity index (χ3n) is 0. The fourth-order valence-corrected chi connectivity index (χ4v) is 0. The molecule has 0 aliphatic rings. The summed E-state index contributed by atoms with van der Waals surface area (Å²) in [4.78, 5) is 21.6. The number of rotatable bonds is 0. The van der Waals surface area contributed by atoms with Crippen molar-refractivity contribution in [3.63, 3.8) is 0 Å². The minimum absolute atomic E-state index is 0. The Hall–Kier alpha value is 1.60. The molecule has 0 atom stereocenters. The van der Waals surface area contributed by atoms with E-state index in [-0.39, 0.29) is 46.0 Å². The van der Waals surface area contributed by atoms with Crippen molar-refractivity contribution >= 4 is 37.4 Å². The molecule has 0 aromatic rings. The van der Waals surface area contributed by atoms with Gasteiger partial charge in [-0.25, -0.2) is 4.57 Å². The standard InChI is InChI=1S/Na.Ni.H3O4P.H/c;;1-5(2,3)4;/h;;(H3,1,2,3,4);. The van der Waals surface area contributed by atoms with Crippen LogP contribution in [0, 0.1) is 0 Å². The molecule has 0 unspecified atom stereocenters. The second-order valence-corrected chi connectivity index (χ2v) is 1.54. The van der Waals surface area contributed by atoms with Crippen LogP contribution in [0.1, 0.15) is 0 Å². The Morgan fingerprint density at radius 1 is 1.14 bits per heavy atom. The molecular weight excluding hydrogens is 177 g/mol. The van der Waals surface area contributed by atoms with Crippen LogP contribution in [0.25, 0.3) is 0 Å². The van der Waals surface area contributed by atoms with E-state index in [1.54, 1.807) is 0 Å². The summed E-state index contributed by atoms with van der Waals surface area (Å²) in [7, 11) is -4.64. The fraction of sp³-hybridized carbons (Fsp3) is 0. The Morgan fingerprint density at radius 2 is 1.14 bits per heavy atom. The molecule has 0 saturated heterocycles. The zero-order valence-electron chi connectivity index (χ0n) is 2.51. The van der Waals surface area contributed by atoms with E-state index in [1.165, 1.54) is 0 Å². The van der Waals surface area contributed by atoms with E-state index in [0.29, 0.717) is 0 Å². The summed E-state index contributed by atoms with van der Waals surface area (Å²) in [5, 5.41) is 0. The van der Waals surface area contributed by atoms with Gasteiger partial charge in [0.25, 0.3) is 0 Å². The average Bonchev–Trinajstić information content (AvgIpc) is 0.722. The van der Waals surface area contributed by atoms with Gasteiger partial charge in [-0.3, -0.25) is 0 Å². The first-order chi connectivity index (χ1) is 2.00. The summed E-state index contributed by atoms with van der Waals surface area (Å²) < 4.78 is 8.88. The molecule has 3 N–H and O–H groups in total. The maximum absolute atomic E-state index is 8.88. The van der Waals surface area contributed by atoms with Gasteiger partial charge in [-0.1, -0.05) is 0 Å². The van der Waals surface area contributed by atoms with E-state index < -0.39 is 7.82 Å². The molecular formula is H4NaNiO4P.